The lowest BCUT2D eigenvalue weighted by Gasteiger charge is -2.37. The van der Waals surface area contributed by atoms with Crippen molar-refractivity contribution in [2.75, 3.05) is 23.3 Å². The number of aromatic carboxylic acids is 1. The molecule has 3 aromatic rings. The number of para-hydroxylation sites is 1. The molecule has 1 atom stereocenters. The summed E-state index contributed by atoms with van der Waals surface area (Å²) in [5, 5.41) is 13.1. The van der Waals surface area contributed by atoms with Gasteiger partial charge in [0.05, 0.1) is 16.6 Å². The number of carboxylic acid groups (broad SMARTS) is 1. The summed E-state index contributed by atoms with van der Waals surface area (Å²) >= 11 is 6.32. The largest absolute Gasteiger partial charge is 0.478 e. The minimum absolute atomic E-state index is 0.174. The van der Waals surface area contributed by atoms with Crippen LogP contribution < -0.4 is 15.8 Å². The summed E-state index contributed by atoms with van der Waals surface area (Å²) in [6.45, 7) is 8.11. The molecule has 2 N–H and O–H groups in total. The van der Waals surface area contributed by atoms with E-state index in [2.05, 4.69) is 24.1 Å². The Morgan fingerprint density at radius 3 is 2.59 bits per heavy atom. The lowest BCUT2D eigenvalue weighted by molar-refractivity contribution is 0.0698. The number of anilines is 2. The number of aromatic nitrogens is 2. The van der Waals surface area contributed by atoms with Crippen LogP contribution in [0.5, 0.6) is 0 Å². The molecule has 1 fully saturated rings. The van der Waals surface area contributed by atoms with Gasteiger partial charge in [0.15, 0.2) is 0 Å². The lowest BCUT2D eigenvalue weighted by atomic mass is 9.83. The fraction of sp³-hybridized carbons (Fsp3) is 0.375. The molecule has 0 radical (unpaired) electrons. The highest BCUT2D eigenvalue weighted by Crippen LogP contribution is 2.32. The van der Waals surface area contributed by atoms with Crippen molar-refractivity contribution in [3.8, 4) is 0 Å². The van der Waals surface area contributed by atoms with Gasteiger partial charge in [0.1, 0.15) is 11.5 Å². The van der Waals surface area contributed by atoms with Crippen LogP contribution in [-0.2, 0) is 0 Å². The molecule has 8 heteroatoms. The fourth-order valence-corrected chi connectivity index (χ4v) is 4.32. The smallest absolute Gasteiger partial charge is 0.337 e. The van der Waals surface area contributed by atoms with Crippen molar-refractivity contribution < 1.29 is 9.90 Å². The van der Waals surface area contributed by atoms with E-state index in [4.69, 9.17) is 16.6 Å². The van der Waals surface area contributed by atoms with Crippen molar-refractivity contribution >= 4 is 34.7 Å². The molecule has 0 aliphatic carbocycles. The number of fused-ring (bicyclic) bond motifs is 1. The van der Waals surface area contributed by atoms with Crippen LogP contribution >= 0.6 is 11.6 Å². The predicted octanol–water partition coefficient (Wildman–Crippen LogP) is 4.85. The van der Waals surface area contributed by atoms with E-state index in [0.717, 1.165) is 25.9 Å². The van der Waals surface area contributed by atoms with Gasteiger partial charge in [-0.15, -0.1) is 0 Å². The van der Waals surface area contributed by atoms with E-state index in [9.17, 15) is 14.7 Å². The van der Waals surface area contributed by atoms with Gasteiger partial charge in [-0.05, 0) is 43.4 Å². The molecule has 32 heavy (non-hydrogen) atoms. The van der Waals surface area contributed by atoms with Gasteiger partial charge in [-0.1, -0.05) is 37.6 Å². The average molecular weight is 455 g/mol. The number of benzene rings is 1. The molecule has 2 aromatic heterocycles. The molecule has 7 nitrogen and oxygen atoms in total. The van der Waals surface area contributed by atoms with Crippen molar-refractivity contribution in [3.63, 3.8) is 0 Å². The number of rotatable bonds is 5. The predicted molar refractivity (Wildman–Crippen MR) is 127 cm³/mol. The van der Waals surface area contributed by atoms with E-state index in [1.165, 1.54) is 4.40 Å². The van der Waals surface area contributed by atoms with Gasteiger partial charge < -0.3 is 15.3 Å². The van der Waals surface area contributed by atoms with E-state index < -0.39 is 5.97 Å². The van der Waals surface area contributed by atoms with Crippen molar-refractivity contribution in [1.29, 1.82) is 0 Å². The molecule has 4 rings (SSSR count). The van der Waals surface area contributed by atoms with E-state index in [1.807, 2.05) is 6.92 Å². The second-order valence-electron chi connectivity index (χ2n) is 9.13. The van der Waals surface area contributed by atoms with Crippen molar-refractivity contribution in [2.45, 2.75) is 39.7 Å². The molecule has 0 amide bonds. The van der Waals surface area contributed by atoms with Crippen LogP contribution in [0.15, 0.2) is 47.4 Å². The Hall–Kier alpha value is -3.06. The molecule has 3 heterocycles. The number of pyridine rings is 1. The van der Waals surface area contributed by atoms with Gasteiger partial charge in [-0.3, -0.25) is 9.20 Å². The fourth-order valence-electron chi connectivity index (χ4n) is 4.11. The number of nitrogens with zero attached hydrogens (tertiary/aromatic N) is 3. The number of carbonyl (C=O) groups is 1. The summed E-state index contributed by atoms with van der Waals surface area (Å²) in [6, 6.07) is 9.71. The topological polar surface area (TPSA) is 86.9 Å². The number of halogens is 1. The molecule has 168 valence electrons. The van der Waals surface area contributed by atoms with Crippen molar-refractivity contribution in [3.05, 3.63) is 69.1 Å². The minimum atomic E-state index is -1.01. The van der Waals surface area contributed by atoms with Crippen LogP contribution in [0.25, 0.3) is 5.65 Å². The molecule has 0 saturated carbocycles. The first-order valence-corrected chi connectivity index (χ1v) is 11.1. The maximum atomic E-state index is 12.9. The maximum Gasteiger partial charge on any atom is 0.337 e. The number of piperidine rings is 1. The highest BCUT2D eigenvalue weighted by molar-refractivity contribution is 6.30. The third-order valence-corrected chi connectivity index (χ3v) is 6.39. The summed E-state index contributed by atoms with van der Waals surface area (Å²) in [6.07, 6.45) is 3.63. The number of hydrogen-bond donors (Lipinski definition) is 2. The minimum Gasteiger partial charge on any atom is -0.478 e. The molecule has 1 aromatic carbocycles. The lowest BCUT2D eigenvalue weighted by Crippen LogP contribution is -2.38. The van der Waals surface area contributed by atoms with Gasteiger partial charge in [-0.2, -0.15) is 0 Å². The highest BCUT2D eigenvalue weighted by atomic mass is 35.5. The summed E-state index contributed by atoms with van der Waals surface area (Å²) in [4.78, 5) is 31.5. The molecule has 1 aliphatic rings. The Labute approximate surface area is 191 Å². The first-order valence-electron chi connectivity index (χ1n) is 10.7. The van der Waals surface area contributed by atoms with Crippen molar-refractivity contribution in [1.82, 2.24) is 9.38 Å². The normalized spacial score (nSPS) is 16.7. The summed E-state index contributed by atoms with van der Waals surface area (Å²) in [7, 11) is 0. The zero-order valence-electron chi connectivity index (χ0n) is 18.4. The zero-order valence-corrected chi connectivity index (χ0v) is 19.2. The molecule has 1 aliphatic heterocycles. The number of nitrogens with one attached hydrogen (secondary N) is 1. The van der Waals surface area contributed by atoms with Gasteiger partial charge in [-0.25, -0.2) is 9.78 Å². The standard InChI is InChI=1S/C24H27ClN4O3/c1-15(26-19-7-5-4-6-17(19)23(31)32)18-12-16(25)14-29-21(30)13-20(27-22(18)29)28-10-8-24(2,3)9-11-28/h4-7,12-15,26H,8-11H2,1-3H3,(H,31,32)/t15-/m1/s1. The molecule has 0 spiro atoms. The Morgan fingerprint density at radius 1 is 1.22 bits per heavy atom. The first kappa shape index (κ1) is 22.1. The van der Waals surface area contributed by atoms with Gasteiger partial charge >= 0.3 is 5.97 Å². The SMILES string of the molecule is C[C@@H](Nc1ccccc1C(=O)O)c1cc(Cl)cn2c(=O)cc(N3CCC(C)(C)CC3)nc12. The Kier molecular flexibility index (Phi) is 5.86. The second kappa shape index (κ2) is 8.47. The zero-order chi connectivity index (χ0) is 23.0. The third kappa shape index (κ3) is 4.43. The molecule has 0 bridgehead atoms. The van der Waals surface area contributed by atoms with E-state index in [0.29, 0.717) is 27.7 Å². The second-order valence-corrected chi connectivity index (χ2v) is 9.56. The monoisotopic (exact) mass is 454 g/mol. The summed E-state index contributed by atoms with van der Waals surface area (Å²) < 4.78 is 1.45. The number of hydrogen-bond acceptors (Lipinski definition) is 5. The average Bonchev–Trinajstić information content (AvgIpc) is 2.74. The van der Waals surface area contributed by atoms with Crippen LogP contribution in [0.2, 0.25) is 5.02 Å². The quantitative estimate of drug-likeness (QED) is 0.573. The van der Waals surface area contributed by atoms with Crippen LogP contribution in [-0.4, -0.2) is 33.6 Å². The molecule has 1 saturated heterocycles. The summed E-state index contributed by atoms with van der Waals surface area (Å²) in [5.74, 6) is -0.354. The molecular formula is C24H27ClN4O3. The van der Waals surface area contributed by atoms with Crippen LogP contribution in [0.1, 0.15) is 55.6 Å². The van der Waals surface area contributed by atoms with Crippen LogP contribution in [0.4, 0.5) is 11.5 Å². The Balaban J connectivity index is 1.75. The van der Waals surface area contributed by atoms with Gasteiger partial charge in [0.25, 0.3) is 5.56 Å². The first-order chi connectivity index (χ1) is 15.1. The van der Waals surface area contributed by atoms with Crippen LogP contribution in [0, 0.1) is 5.41 Å². The van der Waals surface area contributed by atoms with E-state index in [-0.39, 0.29) is 22.6 Å². The van der Waals surface area contributed by atoms with E-state index >= 15 is 0 Å². The summed E-state index contributed by atoms with van der Waals surface area (Å²) in [5.41, 5.74) is 1.98. The molecule has 0 unspecified atom stereocenters. The van der Waals surface area contributed by atoms with Gasteiger partial charge in [0, 0.05) is 36.6 Å². The van der Waals surface area contributed by atoms with Gasteiger partial charge in [0.2, 0.25) is 0 Å². The number of carboxylic acids is 1. The third-order valence-electron chi connectivity index (χ3n) is 6.18. The van der Waals surface area contributed by atoms with Crippen LogP contribution in [0.3, 0.4) is 0 Å². The Bertz CT molecular complexity index is 1230. The van der Waals surface area contributed by atoms with E-state index in [1.54, 1.807) is 42.6 Å². The maximum absolute atomic E-state index is 12.9. The van der Waals surface area contributed by atoms with Crippen molar-refractivity contribution in [2.24, 2.45) is 5.41 Å². The Morgan fingerprint density at radius 2 is 1.91 bits per heavy atom. The highest BCUT2D eigenvalue weighted by Gasteiger charge is 2.27. The molecular weight excluding hydrogens is 428 g/mol.